The molecule has 0 amide bonds. The highest BCUT2D eigenvalue weighted by Crippen LogP contribution is 2.12. The fraction of sp³-hybridized carbons (Fsp3) is 0.583. The summed E-state index contributed by atoms with van der Waals surface area (Å²) in [7, 11) is 1.63. The molecule has 1 aromatic heterocycles. The van der Waals surface area contributed by atoms with Crippen molar-refractivity contribution in [2.24, 2.45) is 0 Å². The molecule has 0 aromatic carbocycles. The van der Waals surface area contributed by atoms with E-state index in [1.165, 1.54) is 0 Å². The van der Waals surface area contributed by atoms with Gasteiger partial charge in [0, 0.05) is 30.8 Å². The smallest absolute Gasteiger partial charge is 0.217 e. The molecule has 0 atom stereocenters. The summed E-state index contributed by atoms with van der Waals surface area (Å²) in [4.78, 5) is 4.14. The Morgan fingerprint density at radius 3 is 3.06 bits per heavy atom. The molecule has 0 saturated carbocycles. The lowest BCUT2D eigenvalue weighted by atomic mass is 10.2. The second kappa shape index (κ2) is 9.22. The van der Waals surface area contributed by atoms with Gasteiger partial charge in [-0.05, 0) is 19.0 Å². The molecule has 4 nitrogen and oxygen atoms in total. The Labute approximate surface area is 107 Å². The molecule has 5 heteroatoms. The number of nitrogens with one attached hydrogen (secondary N) is 1. The summed E-state index contributed by atoms with van der Waals surface area (Å²) in [6, 6.07) is 3.91. The molecule has 96 valence electrons. The maximum absolute atomic E-state index is 5.49. The number of pyridine rings is 1. The van der Waals surface area contributed by atoms with Gasteiger partial charge in [-0.3, -0.25) is 0 Å². The Kier molecular flexibility index (Phi) is 7.71. The second-order valence-electron chi connectivity index (χ2n) is 3.50. The number of rotatable bonds is 9. The van der Waals surface area contributed by atoms with Crippen LogP contribution in [0, 0.1) is 0 Å². The largest absolute Gasteiger partial charge is 0.481 e. The summed E-state index contributed by atoms with van der Waals surface area (Å²) in [5, 5.41) is 3.32. The minimum absolute atomic E-state index is 0.556. The predicted octanol–water partition coefficient (Wildman–Crippen LogP) is 1.83. The highest BCUT2D eigenvalue weighted by molar-refractivity contribution is 6.17. The van der Waals surface area contributed by atoms with Crippen LogP contribution in [0.4, 0.5) is 0 Å². The molecule has 0 aliphatic rings. The molecular formula is C12H19ClN2O2. The van der Waals surface area contributed by atoms with Crippen molar-refractivity contribution in [1.29, 1.82) is 0 Å². The third-order valence-corrected chi connectivity index (χ3v) is 2.38. The van der Waals surface area contributed by atoms with Gasteiger partial charge in [-0.1, -0.05) is 6.07 Å². The van der Waals surface area contributed by atoms with Crippen LogP contribution in [0.15, 0.2) is 18.3 Å². The minimum atomic E-state index is 0.556. The van der Waals surface area contributed by atoms with Gasteiger partial charge < -0.3 is 14.8 Å². The summed E-state index contributed by atoms with van der Waals surface area (Å²) < 4.78 is 10.4. The first-order chi connectivity index (χ1) is 8.38. The third kappa shape index (κ3) is 5.86. The van der Waals surface area contributed by atoms with E-state index in [1.54, 1.807) is 13.3 Å². The van der Waals surface area contributed by atoms with Crippen molar-refractivity contribution in [2.45, 2.75) is 13.0 Å². The molecule has 1 N–H and O–H groups in total. The maximum Gasteiger partial charge on any atom is 0.217 e. The topological polar surface area (TPSA) is 43.4 Å². The van der Waals surface area contributed by atoms with Crippen LogP contribution in [0.3, 0.4) is 0 Å². The van der Waals surface area contributed by atoms with E-state index in [-0.39, 0.29) is 0 Å². The zero-order valence-corrected chi connectivity index (χ0v) is 10.9. The highest BCUT2D eigenvalue weighted by atomic mass is 35.5. The molecular weight excluding hydrogens is 240 g/mol. The zero-order chi connectivity index (χ0) is 12.3. The lowest BCUT2D eigenvalue weighted by molar-refractivity contribution is 0.146. The van der Waals surface area contributed by atoms with Crippen LogP contribution >= 0.6 is 11.6 Å². The average molecular weight is 259 g/mol. The number of nitrogens with zero attached hydrogens (tertiary/aromatic N) is 1. The van der Waals surface area contributed by atoms with Gasteiger partial charge in [-0.25, -0.2) is 4.98 Å². The monoisotopic (exact) mass is 258 g/mol. The minimum Gasteiger partial charge on any atom is -0.481 e. The lowest BCUT2D eigenvalue weighted by Crippen LogP contribution is -2.17. The Hall–Kier alpha value is -0.840. The number of alkyl halides is 1. The summed E-state index contributed by atoms with van der Waals surface area (Å²) in [5.74, 6) is 1.23. The Bertz CT molecular complexity index is 310. The van der Waals surface area contributed by atoms with Crippen LogP contribution in [-0.4, -0.2) is 37.7 Å². The molecule has 17 heavy (non-hydrogen) atoms. The van der Waals surface area contributed by atoms with E-state index in [9.17, 15) is 0 Å². The first-order valence-corrected chi connectivity index (χ1v) is 6.24. The van der Waals surface area contributed by atoms with Gasteiger partial charge in [0.25, 0.3) is 0 Å². The van der Waals surface area contributed by atoms with E-state index in [2.05, 4.69) is 10.3 Å². The first-order valence-electron chi connectivity index (χ1n) is 5.70. The van der Waals surface area contributed by atoms with Crippen LogP contribution in [0.25, 0.3) is 0 Å². The lowest BCUT2D eigenvalue weighted by Gasteiger charge is -2.08. The fourth-order valence-electron chi connectivity index (χ4n) is 1.42. The van der Waals surface area contributed by atoms with Gasteiger partial charge >= 0.3 is 0 Å². The van der Waals surface area contributed by atoms with E-state index >= 15 is 0 Å². The van der Waals surface area contributed by atoms with Gasteiger partial charge in [0.15, 0.2) is 0 Å². The number of hydrogen-bond acceptors (Lipinski definition) is 4. The van der Waals surface area contributed by atoms with Gasteiger partial charge in [-0.2, -0.15) is 0 Å². The van der Waals surface area contributed by atoms with E-state index in [0.717, 1.165) is 31.7 Å². The van der Waals surface area contributed by atoms with Crippen molar-refractivity contribution < 1.29 is 9.47 Å². The van der Waals surface area contributed by atoms with Crippen molar-refractivity contribution in [3.63, 3.8) is 0 Å². The molecule has 0 saturated heterocycles. The highest BCUT2D eigenvalue weighted by Gasteiger charge is 2.01. The standard InChI is InChI=1S/C12H19ClN2O2/c1-16-12-11(4-2-7-15-12)10-14-6-3-8-17-9-5-13/h2,4,7,14H,3,5-6,8-10H2,1H3. The Morgan fingerprint density at radius 1 is 1.41 bits per heavy atom. The maximum atomic E-state index is 5.49. The Balaban J connectivity index is 2.13. The van der Waals surface area contributed by atoms with Gasteiger partial charge in [0.1, 0.15) is 0 Å². The molecule has 0 spiro atoms. The van der Waals surface area contributed by atoms with Crippen LogP contribution < -0.4 is 10.1 Å². The van der Waals surface area contributed by atoms with Gasteiger partial charge in [0.2, 0.25) is 5.88 Å². The average Bonchev–Trinajstić information content (AvgIpc) is 2.38. The van der Waals surface area contributed by atoms with E-state index in [4.69, 9.17) is 21.1 Å². The van der Waals surface area contributed by atoms with Crippen molar-refractivity contribution in [2.75, 3.05) is 32.7 Å². The summed E-state index contributed by atoms with van der Waals surface area (Å²) in [6.07, 6.45) is 2.70. The molecule has 0 fully saturated rings. The molecule has 0 radical (unpaired) electrons. The molecule has 0 aliphatic carbocycles. The molecule has 0 aliphatic heterocycles. The molecule has 0 unspecified atom stereocenters. The van der Waals surface area contributed by atoms with E-state index < -0.39 is 0 Å². The summed E-state index contributed by atoms with van der Waals surface area (Å²) in [6.45, 7) is 3.02. The SMILES string of the molecule is COc1ncccc1CNCCCOCCCl. The summed E-state index contributed by atoms with van der Waals surface area (Å²) in [5.41, 5.74) is 1.07. The summed E-state index contributed by atoms with van der Waals surface area (Å²) >= 11 is 5.49. The van der Waals surface area contributed by atoms with Crippen molar-refractivity contribution in [1.82, 2.24) is 10.3 Å². The number of halogens is 1. The van der Waals surface area contributed by atoms with Crippen LogP contribution in [0.1, 0.15) is 12.0 Å². The first kappa shape index (κ1) is 14.2. The molecule has 1 rings (SSSR count). The number of aromatic nitrogens is 1. The molecule has 0 bridgehead atoms. The normalized spacial score (nSPS) is 10.5. The van der Waals surface area contributed by atoms with Crippen molar-refractivity contribution >= 4 is 11.6 Å². The van der Waals surface area contributed by atoms with Gasteiger partial charge in [0.05, 0.1) is 13.7 Å². The van der Waals surface area contributed by atoms with E-state index in [0.29, 0.717) is 18.4 Å². The second-order valence-corrected chi connectivity index (χ2v) is 3.88. The molecule has 1 heterocycles. The fourth-order valence-corrected chi connectivity index (χ4v) is 1.53. The zero-order valence-electron chi connectivity index (χ0n) is 10.1. The molecule has 1 aromatic rings. The number of ether oxygens (including phenoxy) is 2. The van der Waals surface area contributed by atoms with Gasteiger partial charge in [-0.15, -0.1) is 11.6 Å². The van der Waals surface area contributed by atoms with Crippen LogP contribution in [-0.2, 0) is 11.3 Å². The third-order valence-electron chi connectivity index (χ3n) is 2.22. The van der Waals surface area contributed by atoms with Crippen molar-refractivity contribution in [3.05, 3.63) is 23.9 Å². The van der Waals surface area contributed by atoms with E-state index in [1.807, 2.05) is 12.1 Å². The van der Waals surface area contributed by atoms with Crippen molar-refractivity contribution in [3.8, 4) is 5.88 Å². The number of methoxy groups -OCH3 is 1. The number of hydrogen-bond donors (Lipinski definition) is 1. The Morgan fingerprint density at radius 2 is 2.29 bits per heavy atom. The predicted molar refractivity (Wildman–Crippen MR) is 68.7 cm³/mol. The van der Waals surface area contributed by atoms with Crippen LogP contribution in [0.5, 0.6) is 5.88 Å². The van der Waals surface area contributed by atoms with Crippen LogP contribution in [0.2, 0.25) is 0 Å². The quantitative estimate of drug-likeness (QED) is 0.542.